The van der Waals surface area contributed by atoms with Gasteiger partial charge in [-0.15, -0.1) is 12.4 Å². The minimum Gasteiger partial charge on any atom is -0.354 e. The van der Waals surface area contributed by atoms with E-state index in [4.69, 9.17) is 5.73 Å². The number of carbonyl (C=O) groups excluding carboxylic acids is 2. The minimum absolute atomic E-state index is 0. The van der Waals surface area contributed by atoms with Crippen LogP contribution >= 0.6 is 12.4 Å². The Labute approximate surface area is 132 Å². The lowest BCUT2D eigenvalue weighted by molar-refractivity contribution is -0.141. The van der Waals surface area contributed by atoms with Gasteiger partial charge >= 0.3 is 0 Å². The summed E-state index contributed by atoms with van der Waals surface area (Å²) in [5.74, 6) is 0.195. The zero-order valence-corrected chi connectivity index (χ0v) is 13.5. The molecule has 2 amide bonds. The molecule has 0 aromatic heterocycles. The highest BCUT2D eigenvalue weighted by Crippen LogP contribution is 2.37. The second kappa shape index (κ2) is 6.13. The second-order valence-electron chi connectivity index (χ2n) is 6.94. The van der Waals surface area contributed by atoms with Crippen LogP contribution in [0.2, 0.25) is 0 Å². The first-order valence-electron chi connectivity index (χ1n) is 7.87. The monoisotopic (exact) mass is 315 g/mol. The Bertz CT molecular complexity index is 427. The minimum atomic E-state index is -0.390. The van der Waals surface area contributed by atoms with Crippen LogP contribution in [0.25, 0.3) is 0 Å². The molecular formula is C15H26ClN3O2. The SMILES string of the molecule is CC1(N)CCCCC1C(=O)N1C2CCC1CC(=O)NC2.Cl. The van der Waals surface area contributed by atoms with E-state index in [1.165, 1.54) is 0 Å². The van der Waals surface area contributed by atoms with Gasteiger partial charge in [0, 0.05) is 30.6 Å². The number of rotatable bonds is 1. The number of fused-ring (bicyclic) bond motifs is 2. The molecule has 3 aliphatic rings. The fraction of sp³-hybridized carbons (Fsp3) is 0.867. The van der Waals surface area contributed by atoms with Crippen molar-refractivity contribution in [2.45, 2.75) is 69.5 Å². The van der Waals surface area contributed by atoms with E-state index in [1.807, 2.05) is 11.8 Å². The van der Waals surface area contributed by atoms with E-state index < -0.39 is 5.54 Å². The van der Waals surface area contributed by atoms with E-state index in [0.717, 1.165) is 38.5 Å². The smallest absolute Gasteiger partial charge is 0.228 e. The Morgan fingerprint density at radius 2 is 2.00 bits per heavy atom. The van der Waals surface area contributed by atoms with Gasteiger partial charge in [0.15, 0.2) is 0 Å². The predicted octanol–water partition coefficient (Wildman–Crippen LogP) is 1.20. The van der Waals surface area contributed by atoms with Gasteiger partial charge in [-0.05, 0) is 32.6 Å². The summed E-state index contributed by atoms with van der Waals surface area (Å²) < 4.78 is 0. The van der Waals surface area contributed by atoms with E-state index in [2.05, 4.69) is 5.32 Å². The maximum atomic E-state index is 13.0. The molecule has 4 unspecified atom stereocenters. The first-order chi connectivity index (χ1) is 9.49. The van der Waals surface area contributed by atoms with E-state index in [-0.39, 0.29) is 42.2 Å². The fourth-order valence-corrected chi connectivity index (χ4v) is 4.18. The van der Waals surface area contributed by atoms with Crippen molar-refractivity contribution in [3.63, 3.8) is 0 Å². The number of amides is 2. The average molecular weight is 316 g/mol. The molecule has 5 nitrogen and oxygen atoms in total. The normalized spacial score (nSPS) is 39.2. The van der Waals surface area contributed by atoms with Crippen LogP contribution in [0, 0.1) is 5.92 Å². The molecule has 3 rings (SSSR count). The van der Waals surface area contributed by atoms with Crippen molar-refractivity contribution in [1.29, 1.82) is 0 Å². The van der Waals surface area contributed by atoms with Crippen molar-refractivity contribution in [2.24, 2.45) is 11.7 Å². The van der Waals surface area contributed by atoms with Crippen LogP contribution in [0.1, 0.15) is 51.9 Å². The van der Waals surface area contributed by atoms with Gasteiger partial charge in [-0.3, -0.25) is 9.59 Å². The summed E-state index contributed by atoms with van der Waals surface area (Å²) in [6.07, 6.45) is 6.43. The molecule has 2 bridgehead atoms. The van der Waals surface area contributed by atoms with E-state index >= 15 is 0 Å². The molecule has 2 heterocycles. The van der Waals surface area contributed by atoms with Crippen molar-refractivity contribution < 1.29 is 9.59 Å². The van der Waals surface area contributed by atoms with Gasteiger partial charge in [-0.25, -0.2) is 0 Å². The molecule has 3 fully saturated rings. The lowest BCUT2D eigenvalue weighted by Crippen LogP contribution is -2.56. The Morgan fingerprint density at radius 3 is 2.71 bits per heavy atom. The number of hydrogen-bond acceptors (Lipinski definition) is 3. The number of nitrogens with two attached hydrogens (primary N) is 1. The lowest BCUT2D eigenvalue weighted by Gasteiger charge is -2.41. The number of carbonyl (C=O) groups is 2. The van der Waals surface area contributed by atoms with Crippen LogP contribution in [0.5, 0.6) is 0 Å². The summed E-state index contributed by atoms with van der Waals surface area (Å²) in [7, 11) is 0. The molecule has 2 saturated heterocycles. The largest absolute Gasteiger partial charge is 0.354 e. The van der Waals surface area contributed by atoms with E-state index in [9.17, 15) is 9.59 Å². The zero-order valence-electron chi connectivity index (χ0n) is 12.6. The molecule has 120 valence electrons. The molecule has 2 aliphatic heterocycles. The van der Waals surface area contributed by atoms with Crippen LogP contribution in [-0.4, -0.2) is 40.9 Å². The predicted molar refractivity (Wildman–Crippen MR) is 83.1 cm³/mol. The first-order valence-corrected chi connectivity index (χ1v) is 7.87. The molecule has 0 spiro atoms. The van der Waals surface area contributed by atoms with Crippen LogP contribution in [0.15, 0.2) is 0 Å². The van der Waals surface area contributed by atoms with Crippen LogP contribution in [0.3, 0.4) is 0 Å². The van der Waals surface area contributed by atoms with Gasteiger partial charge in [0.05, 0.1) is 5.92 Å². The summed E-state index contributed by atoms with van der Waals surface area (Å²) in [6, 6.07) is 0.268. The van der Waals surface area contributed by atoms with Crippen LogP contribution in [-0.2, 0) is 9.59 Å². The Hall–Kier alpha value is -0.810. The molecule has 3 N–H and O–H groups in total. The van der Waals surface area contributed by atoms with Gasteiger partial charge in [-0.1, -0.05) is 12.8 Å². The summed E-state index contributed by atoms with van der Waals surface area (Å²) in [4.78, 5) is 26.7. The van der Waals surface area contributed by atoms with Gasteiger partial charge in [0.1, 0.15) is 0 Å². The number of nitrogens with one attached hydrogen (secondary N) is 1. The topological polar surface area (TPSA) is 75.4 Å². The third-order valence-corrected chi connectivity index (χ3v) is 5.38. The molecule has 1 aliphatic carbocycles. The van der Waals surface area contributed by atoms with Crippen molar-refractivity contribution >= 4 is 24.2 Å². The molecular weight excluding hydrogens is 290 g/mol. The highest BCUT2D eigenvalue weighted by Gasteiger charge is 2.46. The summed E-state index contributed by atoms with van der Waals surface area (Å²) in [5.41, 5.74) is 5.99. The highest BCUT2D eigenvalue weighted by molar-refractivity contribution is 5.85. The van der Waals surface area contributed by atoms with Crippen molar-refractivity contribution in [3.8, 4) is 0 Å². The Kier molecular flexibility index (Phi) is 4.83. The van der Waals surface area contributed by atoms with Crippen molar-refractivity contribution in [1.82, 2.24) is 10.2 Å². The maximum Gasteiger partial charge on any atom is 0.228 e. The molecule has 0 radical (unpaired) electrons. The highest BCUT2D eigenvalue weighted by atomic mass is 35.5. The molecule has 0 aromatic carbocycles. The maximum absolute atomic E-state index is 13.0. The summed E-state index contributed by atoms with van der Waals surface area (Å²) >= 11 is 0. The van der Waals surface area contributed by atoms with E-state index in [1.54, 1.807) is 0 Å². The number of nitrogens with zero attached hydrogens (tertiary/aromatic N) is 1. The van der Waals surface area contributed by atoms with Crippen molar-refractivity contribution in [3.05, 3.63) is 0 Å². The van der Waals surface area contributed by atoms with Gasteiger partial charge in [0.25, 0.3) is 0 Å². The van der Waals surface area contributed by atoms with Crippen LogP contribution in [0.4, 0.5) is 0 Å². The number of halogens is 1. The lowest BCUT2D eigenvalue weighted by atomic mass is 9.73. The third-order valence-electron chi connectivity index (χ3n) is 5.38. The summed E-state index contributed by atoms with van der Waals surface area (Å²) in [5, 5.41) is 2.92. The Balaban J connectivity index is 0.00000161. The number of hydrogen-bond donors (Lipinski definition) is 2. The van der Waals surface area contributed by atoms with E-state index in [0.29, 0.717) is 13.0 Å². The zero-order chi connectivity index (χ0) is 14.3. The molecule has 6 heteroatoms. The molecule has 1 saturated carbocycles. The van der Waals surface area contributed by atoms with Gasteiger partial charge in [0.2, 0.25) is 11.8 Å². The van der Waals surface area contributed by atoms with Gasteiger partial charge in [-0.2, -0.15) is 0 Å². The Morgan fingerprint density at radius 1 is 1.29 bits per heavy atom. The molecule has 21 heavy (non-hydrogen) atoms. The third kappa shape index (κ3) is 3.04. The van der Waals surface area contributed by atoms with Crippen LogP contribution < -0.4 is 11.1 Å². The average Bonchev–Trinajstić information content (AvgIpc) is 2.68. The second-order valence-corrected chi connectivity index (χ2v) is 6.94. The first kappa shape index (κ1) is 16.6. The summed E-state index contributed by atoms with van der Waals surface area (Å²) in [6.45, 7) is 2.62. The quantitative estimate of drug-likeness (QED) is 0.763. The standard InChI is InChI=1S/C15H25N3O2.ClH/c1-15(16)7-3-2-4-12(15)14(20)18-10-5-6-11(18)9-17-13(19)8-10;/h10-12H,2-9,16H2,1H3,(H,17,19);1H. The fourth-order valence-electron chi connectivity index (χ4n) is 4.18. The molecule has 4 atom stereocenters. The molecule has 0 aromatic rings. The van der Waals surface area contributed by atoms with Crippen molar-refractivity contribution in [2.75, 3.05) is 6.54 Å². The van der Waals surface area contributed by atoms with Gasteiger partial charge < -0.3 is 16.0 Å².